The van der Waals surface area contributed by atoms with Crippen molar-refractivity contribution in [3.05, 3.63) is 70.8 Å². The first-order valence-corrected chi connectivity index (χ1v) is 15.0. The Bertz CT molecular complexity index is 1250. The van der Waals surface area contributed by atoms with Gasteiger partial charge < -0.3 is 25.0 Å². The number of hydrogen-bond donors (Lipinski definition) is 2. The SMILES string of the molecule is CCOC(=O)CCNC(=O)C(c1ccc(C)cc1C)N(C(=O)C(Cc1ccccc1)NC(=O)OC(C)(C)C)C(C)(C)CC. The van der Waals surface area contributed by atoms with Crippen LogP contribution < -0.4 is 10.6 Å². The molecule has 9 nitrogen and oxygen atoms in total. The Morgan fingerprint density at radius 3 is 2.14 bits per heavy atom. The first-order chi connectivity index (χ1) is 20.1. The van der Waals surface area contributed by atoms with Gasteiger partial charge in [-0.3, -0.25) is 14.4 Å². The van der Waals surface area contributed by atoms with Gasteiger partial charge in [-0.25, -0.2) is 4.79 Å². The second-order valence-corrected chi connectivity index (χ2v) is 12.4. The standard InChI is InChI=1S/C34H49N3O6/c1-10-34(8,9)37(31(40)27(22-25-15-13-12-14-16-25)36-32(41)43-33(5,6)7)29(26-18-17-23(3)21-24(26)4)30(39)35-20-19-28(38)42-11-2/h12-18,21,27,29H,10-11,19-20,22H2,1-9H3,(H,35,39)(H,36,41). The van der Waals surface area contributed by atoms with E-state index in [0.29, 0.717) is 12.0 Å². The van der Waals surface area contributed by atoms with Gasteiger partial charge in [0, 0.05) is 18.5 Å². The van der Waals surface area contributed by atoms with E-state index in [1.54, 1.807) is 32.6 Å². The summed E-state index contributed by atoms with van der Waals surface area (Å²) < 4.78 is 10.5. The molecule has 3 amide bonds. The lowest BCUT2D eigenvalue weighted by Crippen LogP contribution is -2.60. The second-order valence-electron chi connectivity index (χ2n) is 12.4. The minimum Gasteiger partial charge on any atom is -0.466 e. The number of carbonyl (C=O) groups is 4. The Hall–Kier alpha value is -3.88. The number of esters is 1. The van der Waals surface area contributed by atoms with Crippen molar-refractivity contribution in [3.8, 4) is 0 Å². The molecule has 0 saturated heterocycles. The number of alkyl carbamates (subject to hydrolysis) is 1. The fourth-order valence-corrected chi connectivity index (χ4v) is 4.76. The number of nitrogens with one attached hydrogen (secondary N) is 2. The predicted molar refractivity (Wildman–Crippen MR) is 167 cm³/mol. The quantitative estimate of drug-likeness (QED) is 0.293. The van der Waals surface area contributed by atoms with Crippen LogP contribution in [0.25, 0.3) is 0 Å². The lowest BCUT2D eigenvalue weighted by atomic mass is 9.89. The Morgan fingerprint density at radius 1 is 0.930 bits per heavy atom. The normalized spacial score (nSPS) is 13.0. The molecule has 2 aromatic carbocycles. The zero-order valence-corrected chi connectivity index (χ0v) is 27.2. The molecular formula is C34H49N3O6. The molecule has 0 fully saturated rings. The summed E-state index contributed by atoms with van der Waals surface area (Å²) in [5.41, 5.74) is 1.78. The van der Waals surface area contributed by atoms with Crippen LogP contribution in [-0.4, -0.2) is 59.1 Å². The largest absolute Gasteiger partial charge is 0.466 e. The molecule has 0 spiro atoms. The summed E-state index contributed by atoms with van der Waals surface area (Å²) in [6, 6.07) is 13.1. The minimum atomic E-state index is -1.04. The van der Waals surface area contributed by atoms with Gasteiger partial charge in [0.1, 0.15) is 17.7 Å². The molecule has 43 heavy (non-hydrogen) atoms. The van der Waals surface area contributed by atoms with Gasteiger partial charge in [0.2, 0.25) is 11.8 Å². The third kappa shape index (κ3) is 10.7. The maximum atomic E-state index is 14.7. The van der Waals surface area contributed by atoms with Gasteiger partial charge in [-0.2, -0.15) is 0 Å². The van der Waals surface area contributed by atoms with Crippen LogP contribution in [-0.2, 0) is 30.3 Å². The monoisotopic (exact) mass is 595 g/mol. The van der Waals surface area contributed by atoms with Crippen LogP contribution in [0.3, 0.4) is 0 Å². The molecular weight excluding hydrogens is 546 g/mol. The molecule has 0 aliphatic heterocycles. The van der Waals surface area contributed by atoms with Gasteiger partial charge in [0.15, 0.2) is 0 Å². The molecule has 0 bridgehead atoms. The zero-order valence-electron chi connectivity index (χ0n) is 27.2. The van der Waals surface area contributed by atoms with Crippen molar-refractivity contribution >= 4 is 23.9 Å². The average molecular weight is 596 g/mol. The molecule has 2 N–H and O–H groups in total. The number of benzene rings is 2. The maximum absolute atomic E-state index is 14.7. The maximum Gasteiger partial charge on any atom is 0.408 e. The van der Waals surface area contributed by atoms with E-state index in [1.807, 2.05) is 83.1 Å². The van der Waals surface area contributed by atoms with Crippen molar-refractivity contribution < 1.29 is 28.7 Å². The summed E-state index contributed by atoms with van der Waals surface area (Å²) in [5, 5.41) is 5.65. The van der Waals surface area contributed by atoms with E-state index < -0.39 is 47.1 Å². The van der Waals surface area contributed by atoms with Crippen molar-refractivity contribution in [2.24, 2.45) is 0 Å². The van der Waals surface area contributed by atoms with Crippen LogP contribution in [0, 0.1) is 13.8 Å². The minimum absolute atomic E-state index is 0.00112. The zero-order chi connectivity index (χ0) is 32.4. The van der Waals surface area contributed by atoms with E-state index in [0.717, 1.165) is 16.7 Å². The van der Waals surface area contributed by atoms with Crippen LogP contribution >= 0.6 is 0 Å². The van der Waals surface area contributed by atoms with Crippen LogP contribution in [0.4, 0.5) is 4.79 Å². The van der Waals surface area contributed by atoms with Crippen LogP contribution in [0.15, 0.2) is 48.5 Å². The topological polar surface area (TPSA) is 114 Å². The number of ether oxygens (including phenoxy) is 2. The highest BCUT2D eigenvalue weighted by Crippen LogP contribution is 2.34. The first kappa shape index (κ1) is 35.3. The number of hydrogen-bond acceptors (Lipinski definition) is 6. The Kier molecular flexibility index (Phi) is 12.8. The summed E-state index contributed by atoms with van der Waals surface area (Å²) >= 11 is 0. The third-order valence-electron chi connectivity index (χ3n) is 7.19. The molecule has 0 saturated carbocycles. The Labute approximate surface area is 256 Å². The van der Waals surface area contributed by atoms with Crippen molar-refractivity contribution in [1.29, 1.82) is 0 Å². The molecule has 0 aromatic heterocycles. The first-order valence-electron chi connectivity index (χ1n) is 15.0. The lowest BCUT2D eigenvalue weighted by molar-refractivity contribution is -0.149. The second kappa shape index (κ2) is 15.5. The molecule has 236 valence electrons. The van der Waals surface area contributed by atoms with Gasteiger partial charge in [0.25, 0.3) is 0 Å². The molecule has 2 unspecified atom stereocenters. The van der Waals surface area contributed by atoms with Crippen LogP contribution in [0.1, 0.15) is 89.6 Å². The van der Waals surface area contributed by atoms with Gasteiger partial charge in [-0.1, -0.05) is 61.0 Å². The molecule has 2 aromatic rings. The van der Waals surface area contributed by atoms with Gasteiger partial charge in [-0.15, -0.1) is 0 Å². The van der Waals surface area contributed by atoms with E-state index >= 15 is 0 Å². The van der Waals surface area contributed by atoms with E-state index in [2.05, 4.69) is 10.6 Å². The van der Waals surface area contributed by atoms with E-state index in [9.17, 15) is 19.2 Å². The fourth-order valence-electron chi connectivity index (χ4n) is 4.76. The van der Waals surface area contributed by atoms with E-state index in [-0.39, 0.29) is 26.0 Å². The summed E-state index contributed by atoms with van der Waals surface area (Å²) in [6.45, 7) is 16.9. The smallest absolute Gasteiger partial charge is 0.408 e. The molecule has 9 heteroatoms. The summed E-state index contributed by atoms with van der Waals surface area (Å²) in [4.78, 5) is 55.3. The molecule has 2 atom stereocenters. The van der Waals surface area contributed by atoms with Crippen molar-refractivity contribution in [1.82, 2.24) is 15.5 Å². The Balaban J connectivity index is 2.63. The highest BCUT2D eigenvalue weighted by atomic mass is 16.6. The lowest BCUT2D eigenvalue weighted by Gasteiger charge is -2.45. The van der Waals surface area contributed by atoms with Crippen molar-refractivity contribution in [3.63, 3.8) is 0 Å². The molecule has 0 radical (unpaired) electrons. The number of rotatable bonds is 13. The number of carbonyl (C=O) groups excluding carboxylic acids is 4. The average Bonchev–Trinajstić information content (AvgIpc) is 2.91. The summed E-state index contributed by atoms with van der Waals surface area (Å²) in [6.07, 6.45) is -0.000704. The molecule has 0 heterocycles. The van der Waals surface area contributed by atoms with Gasteiger partial charge in [-0.05, 0) is 78.5 Å². The van der Waals surface area contributed by atoms with E-state index in [1.165, 1.54) is 0 Å². The third-order valence-corrected chi connectivity index (χ3v) is 7.19. The number of nitrogens with zero attached hydrogens (tertiary/aromatic N) is 1. The Morgan fingerprint density at radius 2 is 1.58 bits per heavy atom. The fraction of sp³-hybridized carbons (Fsp3) is 0.529. The predicted octanol–water partition coefficient (Wildman–Crippen LogP) is 5.57. The molecule has 0 aliphatic carbocycles. The molecule has 2 rings (SSSR count). The number of aryl methyl sites for hydroxylation is 2. The van der Waals surface area contributed by atoms with Crippen molar-refractivity contribution in [2.45, 2.75) is 105 Å². The highest BCUT2D eigenvalue weighted by Gasteiger charge is 2.43. The van der Waals surface area contributed by atoms with Crippen LogP contribution in [0.2, 0.25) is 0 Å². The molecule has 0 aliphatic rings. The number of amides is 3. The summed E-state index contributed by atoms with van der Waals surface area (Å²) in [5.74, 6) is -1.27. The van der Waals surface area contributed by atoms with Crippen LogP contribution in [0.5, 0.6) is 0 Å². The van der Waals surface area contributed by atoms with Gasteiger partial charge in [0.05, 0.1) is 13.0 Å². The van der Waals surface area contributed by atoms with Crippen molar-refractivity contribution in [2.75, 3.05) is 13.2 Å². The van der Waals surface area contributed by atoms with E-state index in [4.69, 9.17) is 9.47 Å². The van der Waals surface area contributed by atoms with Gasteiger partial charge >= 0.3 is 12.1 Å². The highest BCUT2D eigenvalue weighted by molar-refractivity contribution is 5.93. The summed E-state index contributed by atoms with van der Waals surface area (Å²) in [7, 11) is 0.